The van der Waals surface area contributed by atoms with Gasteiger partial charge in [-0.05, 0) is 35.9 Å². The van der Waals surface area contributed by atoms with Gasteiger partial charge in [-0.3, -0.25) is 4.79 Å². The standard InChI is InChI=1S/C21H16BrCl2N3O2/c1-4-7-29-19-16(23)8-13(9-17(19)24)11-25-27-20(12(2)3)26-18-6-5-14(22)10-15(18)21(27)28/h1,5-6,8-12H,7H2,2-3H3. The molecule has 5 nitrogen and oxygen atoms in total. The fourth-order valence-corrected chi connectivity index (χ4v) is 3.66. The number of ether oxygens (including phenoxy) is 1. The van der Waals surface area contributed by atoms with Gasteiger partial charge in [0.25, 0.3) is 5.56 Å². The van der Waals surface area contributed by atoms with Crippen molar-refractivity contribution in [1.82, 2.24) is 9.66 Å². The van der Waals surface area contributed by atoms with Crippen molar-refractivity contribution in [2.75, 3.05) is 6.61 Å². The largest absolute Gasteiger partial charge is 0.478 e. The maximum atomic E-state index is 13.0. The normalized spacial score (nSPS) is 11.3. The molecule has 0 fully saturated rings. The molecule has 0 N–H and O–H groups in total. The molecular weight excluding hydrogens is 477 g/mol. The smallest absolute Gasteiger partial charge is 0.282 e. The Balaban J connectivity index is 2.09. The summed E-state index contributed by atoms with van der Waals surface area (Å²) >= 11 is 15.9. The zero-order valence-corrected chi connectivity index (χ0v) is 18.7. The van der Waals surface area contributed by atoms with Crippen LogP contribution in [0.1, 0.15) is 31.2 Å². The van der Waals surface area contributed by atoms with E-state index in [2.05, 4.69) is 31.9 Å². The number of fused-ring (bicyclic) bond motifs is 1. The summed E-state index contributed by atoms with van der Waals surface area (Å²) < 4.78 is 7.43. The van der Waals surface area contributed by atoms with Gasteiger partial charge in [-0.1, -0.05) is 58.9 Å². The lowest BCUT2D eigenvalue weighted by molar-refractivity contribution is 0.371. The summed E-state index contributed by atoms with van der Waals surface area (Å²) in [5.41, 5.74) is 0.959. The van der Waals surface area contributed by atoms with Crippen molar-refractivity contribution in [3.63, 3.8) is 0 Å². The molecule has 0 bridgehead atoms. The van der Waals surface area contributed by atoms with Crippen molar-refractivity contribution in [3.8, 4) is 18.1 Å². The third-order valence-corrected chi connectivity index (χ3v) is 5.05. The molecule has 29 heavy (non-hydrogen) atoms. The van der Waals surface area contributed by atoms with Crippen LogP contribution in [-0.2, 0) is 0 Å². The van der Waals surface area contributed by atoms with Gasteiger partial charge in [-0.25, -0.2) is 4.98 Å². The fraction of sp³-hybridized carbons (Fsp3) is 0.190. The Hall–Kier alpha value is -2.33. The van der Waals surface area contributed by atoms with E-state index in [1.165, 1.54) is 10.9 Å². The molecule has 2 aromatic carbocycles. The highest BCUT2D eigenvalue weighted by Gasteiger charge is 2.14. The average molecular weight is 493 g/mol. The van der Waals surface area contributed by atoms with E-state index in [-0.39, 0.29) is 18.1 Å². The van der Waals surface area contributed by atoms with Gasteiger partial charge in [0.15, 0.2) is 5.75 Å². The molecule has 3 rings (SSSR count). The molecule has 148 valence electrons. The molecule has 0 saturated carbocycles. The molecule has 0 saturated heterocycles. The second-order valence-corrected chi connectivity index (χ2v) is 8.18. The van der Waals surface area contributed by atoms with Gasteiger partial charge in [0, 0.05) is 10.4 Å². The summed E-state index contributed by atoms with van der Waals surface area (Å²) in [6.07, 6.45) is 6.70. The first-order chi connectivity index (χ1) is 13.8. The molecule has 3 aromatic rings. The minimum atomic E-state index is -0.262. The van der Waals surface area contributed by atoms with Crippen molar-refractivity contribution in [2.24, 2.45) is 5.10 Å². The first kappa shape index (κ1) is 21.4. The molecule has 0 amide bonds. The predicted molar refractivity (Wildman–Crippen MR) is 122 cm³/mol. The van der Waals surface area contributed by atoms with Crippen LogP contribution < -0.4 is 10.3 Å². The molecule has 0 radical (unpaired) electrons. The Morgan fingerprint density at radius 3 is 2.62 bits per heavy atom. The van der Waals surface area contributed by atoms with Gasteiger partial charge in [0.1, 0.15) is 12.4 Å². The van der Waals surface area contributed by atoms with E-state index < -0.39 is 0 Å². The van der Waals surface area contributed by atoms with Gasteiger partial charge in [0.05, 0.1) is 27.2 Å². The molecule has 0 unspecified atom stereocenters. The summed E-state index contributed by atoms with van der Waals surface area (Å²) in [6.45, 7) is 3.95. The highest BCUT2D eigenvalue weighted by atomic mass is 79.9. The SMILES string of the molecule is C#CCOc1c(Cl)cc(C=Nn2c(C(C)C)nc3ccc(Br)cc3c2=O)cc1Cl. The topological polar surface area (TPSA) is 56.5 Å². The van der Waals surface area contributed by atoms with Crippen molar-refractivity contribution in [2.45, 2.75) is 19.8 Å². The monoisotopic (exact) mass is 491 g/mol. The van der Waals surface area contributed by atoms with Gasteiger partial charge < -0.3 is 4.74 Å². The lowest BCUT2D eigenvalue weighted by Gasteiger charge is -2.12. The maximum absolute atomic E-state index is 13.0. The summed E-state index contributed by atoms with van der Waals surface area (Å²) in [5.74, 6) is 3.20. The molecule has 8 heteroatoms. The number of terminal acetylenes is 1. The average Bonchev–Trinajstić information content (AvgIpc) is 2.67. The quantitative estimate of drug-likeness (QED) is 0.350. The van der Waals surface area contributed by atoms with Gasteiger partial charge in [0.2, 0.25) is 0 Å². The number of benzene rings is 2. The summed E-state index contributed by atoms with van der Waals surface area (Å²) in [5, 5.41) is 5.42. The molecule has 0 atom stereocenters. The molecule has 0 aliphatic carbocycles. The van der Waals surface area contributed by atoms with Crippen LogP contribution in [0.15, 0.2) is 44.7 Å². The number of halogens is 3. The summed E-state index contributed by atoms with van der Waals surface area (Å²) in [6, 6.07) is 8.64. The van der Waals surface area contributed by atoms with E-state index in [4.69, 9.17) is 34.4 Å². The van der Waals surface area contributed by atoms with Crippen molar-refractivity contribution >= 4 is 56.2 Å². The second kappa shape index (κ2) is 9.00. The Bertz CT molecular complexity index is 1190. The minimum absolute atomic E-state index is 0.0142. The van der Waals surface area contributed by atoms with Crippen LogP contribution in [-0.4, -0.2) is 22.5 Å². The third kappa shape index (κ3) is 4.64. The fourth-order valence-electron chi connectivity index (χ4n) is 2.68. The van der Waals surface area contributed by atoms with Crippen molar-refractivity contribution in [3.05, 3.63) is 66.6 Å². The molecule has 0 aliphatic rings. The van der Waals surface area contributed by atoms with Crippen LogP contribution in [0.25, 0.3) is 10.9 Å². The zero-order valence-electron chi connectivity index (χ0n) is 15.6. The number of hydrogen-bond donors (Lipinski definition) is 0. The van der Waals surface area contributed by atoms with Crippen molar-refractivity contribution < 1.29 is 4.74 Å². The molecule has 1 aromatic heterocycles. The lowest BCUT2D eigenvalue weighted by atomic mass is 10.2. The Kier molecular flexibility index (Phi) is 6.63. The van der Waals surface area contributed by atoms with Crippen LogP contribution in [0, 0.1) is 12.3 Å². The van der Waals surface area contributed by atoms with Gasteiger partial charge >= 0.3 is 0 Å². The first-order valence-corrected chi connectivity index (χ1v) is 10.2. The van der Waals surface area contributed by atoms with E-state index in [1.807, 2.05) is 19.9 Å². The van der Waals surface area contributed by atoms with E-state index in [0.29, 0.717) is 38.1 Å². The van der Waals surface area contributed by atoms with E-state index in [0.717, 1.165) is 4.47 Å². The molecule has 0 aliphatic heterocycles. The number of nitrogens with zero attached hydrogens (tertiary/aromatic N) is 3. The van der Waals surface area contributed by atoms with E-state index in [9.17, 15) is 4.79 Å². The third-order valence-electron chi connectivity index (χ3n) is 3.99. The van der Waals surface area contributed by atoms with Gasteiger partial charge in [-0.15, -0.1) is 6.42 Å². The Labute approximate surface area is 186 Å². The van der Waals surface area contributed by atoms with E-state index in [1.54, 1.807) is 24.3 Å². The van der Waals surface area contributed by atoms with Crippen molar-refractivity contribution in [1.29, 1.82) is 0 Å². The van der Waals surface area contributed by atoms with Gasteiger partial charge in [-0.2, -0.15) is 9.78 Å². The second-order valence-electron chi connectivity index (χ2n) is 6.45. The van der Waals surface area contributed by atoms with Crippen LogP contribution >= 0.6 is 39.1 Å². The Morgan fingerprint density at radius 2 is 2.00 bits per heavy atom. The number of hydrogen-bond acceptors (Lipinski definition) is 4. The van der Waals surface area contributed by atoms with E-state index >= 15 is 0 Å². The minimum Gasteiger partial charge on any atom is -0.478 e. The highest BCUT2D eigenvalue weighted by Crippen LogP contribution is 2.33. The maximum Gasteiger partial charge on any atom is 0.282 e. The number of aromatic nitrogens is 2. The van der Waals surface area contributed by atoms with Crippen LogP contribution in [0.2, 0.25) is 10.0 Å². The summed E-state index contributed by atoms with van der Waals surface area (Å²) in [7, 11) is 0. The molecule has 1 heterocycles. The summed E-state index contributed by atoms with van der Waals surface area (Å²) in [4.78, 5) is 17.6. The van der Waals surface area contributed by atoms with Crippen LogP contribution in [0.3, 0.4) is 0 Å². The zero-order chi connectivity index (χ0) is 21.1. The van der Waals surface area contributed by atoms with Crippen LogP contribution in [0.5, 0.6) is 5.75 Å². The lowest BCUT2D eigenvalue weighted by Crippen LogP contribution is -2.23. The first-order valence-electron chi connectivity index (χ1n) is 8.63. The molecular formula is C21H16BrCl2N3O2. The number of rotatable bonds is 5. The Morgan fingerprint density at radius 1 is 1.31 bits per heavy atom. The highest BCUT2D eigenvalue weighted by molar-refractivity contribution is 9.10. The predicted octanol–water partition coefficient (Wildman–Crippen LogP) is 5.48. The van der Waals surface area contributed by atoms with Crippen LogP contribution in [0.4, 0.5) is 0 Å². The molecule has 0 spiro atoms.